The van der Waals surface area contributed by atoms with Crippen molar-refractivity contribution >= 4 is 18.0 Å². The van der Waals surface area contributed by atoms with Crippen LogP contribution in [0.1, 0.15) is 63.4 Å². The average Bonchev–Trinajstić information content (AvgIpc) is 3.22. The minimum Gasteiger partial charge on any atom is -0.448 e. The number of carbonyl (C=O) groups excluding carboxylic acids is 2. The molecule has 152 valence electrons. The molecule has 6 heteroatoms. The van der Waals surface area contributed by atoms with Gasteiger partial charge in [0.2, 0.25) is 0 Å². The van der Waals surface area contributed by atoms with Crippen LogP contribution in [0.5, 0.6) is 0 Å². The van der Waals surface area contributed by atoms with Crippen molar-refractivity contribution in [1.29, 1.82) is 5.26 Å². The minimum atomic E-state index is -0.932. The van der Waals surface area contributed by atoms with Crippen LogP contribution in [0.3, 0.4) is 0 Å². The number of esters is 1. The molecule has 0 radical (unpaired) electrons. The molecular weight excluding hydrogens is 354 g/mol. The van der Waals surface area contributed by atoms with Gasteiger partial charge in [-0.25, -0.2) is 4.79 Å². The van der Waals surface area contributed by atoms with Gasteiger partial charge in [-0.05, 0) is 57.2 Å². The molecule has 0 spiro atoms. The molecule has 1 fully saturated rings. The lowest BCUT2D eigenvalue weighted by Crippen LogP contribution is -2.41. The van der Waals surface area contributed by atoms with Crippen molar-refractivity contribution in [3.8, 4) is 6.07 Å². The SMILES string of the molecule is Cc1cc(/C=C(\C#N)C(=O)O[C@@H](C)C(=O)NC2CCCC2)c(C)n1CC(C)C. The van der Waals surface area contributed by atoms with Crippen molar-refractivity contribution < 1.29 is 14.3 Å². The van der Waals surface area contributed by atoms with Gasteiger partial charge < -0.3 is 14.6 Å². The molecule has 0 saturated heterocycles. The molecule has 1 N–H and O–H groups in total. The number of aryl methyl sites for hydroxylation is 1. The van der Waals surface area contributed by atoms with Gasteiger partial charge in [-0.3, -0.25) is 4.79 Å². The Balaban J connectivity index is 2.08. The molecule has 1 saturated carbocycles. The van der Waals surface area contributed by atoms with Gasteiger partial charge in [-0.15, -0.1) is 0 Å². The van der Waals surface area contributed by atoms with Crippen LogP contribution < -0.4 is 5.32 Å². The van der Waals surface area contributed by atoms with E-state index in [4.69, 9.17) is 4.74 Å². The number of amides is 1. The van der Waals surface area contributed by atoms with E-state index < -0.39 is 12.1 Å². The molecule has 1 aromatic rings. The summed E-state index contributed by atoms with van der Waals surface area (Å²) in [6.45, 7) is 10.7. The van der Waals surface area contributed by atoms with Gasteiger partial charge in [-0.1, -0.05) is 26.7 Å². The topological polar surface area (TPSA) is 84.1 Å². The molecule has 28 heavy (non-hydrogen) atoms. The zero-order valence-electron chi connectivity index (χ0n) is 17.5. The zero-order chi connectivity index (χ0) is 20.8. The van der Waals surface area contributed by atoms with E-state index in [1.165, 1.54) is 6.92 Å². The molecule has 1 heterocycles. The Bertz CT molecular complexity index is 793. The van der Waals surface area contributed by atoms with Crippen LogP contribution in [0.2, 0.25) is 0 Å². The van der Waals surface area contributed by atoms with Crippen molar-refractivity contribution in [2.24, 2.45) is 5.92 Å². The van der Waals surface area contributed by atoms with E-state index in [-0.39, 0.29) is 17.5 Å². The van der Waals surface area contributed by atoms with E-state index >= 15 is 0 Å². The van der Waals surface area contributed by atoms with Crippen LogP contribution in [0.15, 0.2) is 11.6 Å². The van der Waals surface area contributed by atoms with E-state index in [0.29, 0.717) is 5.92 Å². The molecule has 1 aliphatic carbocycles. The lowest BCUT2D eigenvalue weighted by atomic mass is 10.1. The predicted octanol–water partition coefficient (Wildman–Crippen LogP) is 3.66. The predicted molar refractivity (Wildman–Crippen MR) is 108 cm³/mol. The third kappa shape index (κ3) is 5.48. The van der Waals surface area contributed by atoms with E-state index in [1.54, 1.807) is 6.08 Å². The fraction of sp³-hybridized carbons (Fsp3) is 0.591. The number of nitrogens with zero attached hydrogens (tertiary/aromatic N) is 2. The van der Waals surface area contributed by atoms with Crippen molar-refractivity contribution in [2.75, 3.05) is 0 Å². The summed E-state index contributed by atoms with van der Waals surface area (Å²) in [7, 11) is 0. The summed E-state index contributed by atoms with van der Waals surface area (Å²) in [6.07, 6.45) is 4.75. The first-order valence-corrected chi connectivity index (χ1v) is 10.0. The molecule has 1 atom stereocenters. The molecule has 2 rings (SSSR count). The minimum absolute atomic E-state index is 0.106. The molecule has 0 bridgehead atoms. The zero-order valence-corrected chi connectivity index (χ0v) is 17.5. The van der Waals surface area contributed by atoms with Gasteiger partial charge in [0.15, 0.2) is 6.10 Å². The summed E-state index contributed by atoms with van der Waals surface area (Å²) in [5.74, 6) is -0.598. The number of rotatable bonds is 7. The Kier molecular flexibility index (Phi) is 7.45. The smallest absolute Gasteiger partial charge is 0.349 e. The molecule has 0 unspecified atom stereocenters. The van der Waals surface area contributed by atoms with E-state index in [1.807, 2.05) is 26.0 Å². The Morgan fingerprint density at radius 1 is 1.32 bits per heavy atom. The van der Waals surface area contributed by atoms with Crippen molar-refractivity contribution in [3.63, 3.8) is 0 Å². The van der Waals surface area contributed by atoms with Crippen LogP contribution in [-0.2, 0) is 20.9 Å². The lowest BCUT2D eigenvalue weighted by molar-refractivity contribution is -0.151. The Labute approximate surface area is 167 Å². The molecule has 0 aliphatic heterocycles. The van der Waals surface area contributed by atoms with Crippen LogP contribution in [0.4, 0.5) is 0 Å². The van der Waals surface area contributed by atoms with Gasteiger partial charge in [0.25, 0.3) is 5.91 Å². The normalized spacial score (nSPS) is 16.1. The Hall–Kier alpha value is -2.55. The molecule has 1 aromatic heterocycles. The van der Waals surface area contributed by atoms with E-state index in [0.717, 1.165) is 49.2 Å². The number of carbonyl (C=O) groups is 2. The van der Waals surface area contributed by atoms with Gasteiger partial charge in [0.1, 0.15) is 11.6 Å². The summed E-state index contributed by atoms with van der Waals surface area (Å²) in [6, 6.07) is 4.03. The first-order valence-electron chi connectivity index (χ1n) is 10.0. The summed E-state index contributed by atoms with van der Waals surface area (Å²) in [5, 5.41) is 12.3. The standard InChI is InChI=1S/C22H31N3O3/c1-14(2)13-25-15(3)10-18(16(25)4)11-19(12-23)22(27)28-17(5)21(26)24-20-8-6-7-9-20/h10-11,14,17,20H,6-9,13H2,1-5H3,(H,24,26)/b19-11+/t17-/m0/s1. The first kappa shape index (κ1) is 21.7. The second kappa shape index (κ2) is 9.59. The Morgan fingerprint density at radius 2 is 1.96 bits per heavy atom. The summed E-state index contributed by atoms with van der Waals surface area (Å²) in [4.78, 5) is 24.6. The first-order chi connectivity index (χ1) is 13.2. The number of hydrogen-bond acceptors (Lipinski definition) is 4. The number of aromatic nitrogens is 1. The average molecular weight is 386 g/mol. The van der Waals surface area contributed by atoms with Gasteiger partial charge in [0, 0.05) is 24.0 Å². The lowest BCUT2D eigenvalue weighted by Gasteiger charge is -2.17. The second-order valence-electron chi connectivity index (χ2n) is 8.04. The number of nitrogens with one attached hydrogen (secondary N) is 1. The largest absolute Gasteiger partial charge is 0.448 e. The van der Waals surface area contributed by atoms with Crippen molar-refractivity contribution in [2.45, 2.75) is 79.0 Å². The quantitative estimate of drug-likeness (QED) is 0.441. The molecular formula is C22H31N3O3. The van der Waals surface area contributed by atoms with Crippen LogP contribution in [0.25, 0.3) is 6.08 Å². The maximum atomic E-state index is 12.4. The molecule has 6 nitrogen and oxygen atoms in total. The molecule has 0 aromatic carbocycles. The van der Waals surface area contributed by atoms with Gasteiger partial charge in [-0.2, -0.15) is 5.26 Å². The number of nitriles is 1. The summed E-state index contributed by atoms with van der Waals surface area (Å²) in [5.41, 5.74) is 2.78. The second-order valence-corrected chi connectivity index (χ2v) is 8.04. The highest BCUT2D eigenvalue weighted by Gasteiger charge is 2.24. The van der Waals surface area contributed by atoms with Gasteiger partial charge in [0.05, 0.1) is 0 Å². The third-order valence-electron chi connectivity index (χ3n) is 5.16. The van der Waals surface area contributed by atoms with Gasteiger partial charge >= 0.3 is 5.97 Å². The maximum Gasteiger partial charge on any atom is 0.349 e. The molecule has 1 aliphatic rings. The fourth-order valence-corrected chi connectivity index (χ4v) is 3.58. The number of hydrogen-bond donors (Lipinski definition) is 1. The highest BCUT2D eigenvalue weighted by atomic mass is 16.5. The highest BCUT2D eigenvalue weighted by molar-refractivity contribution is 5.99. The van der Waals surface area contributed by atoms with Crippen LogP contribution in [-0.4, -0.2) is 28.6 Å². The highest BCUT2D eigenvalue weighted by Crippen LogP contribution is 2.21. The Morgan fingerprint density at radius 3 is 2.54 bits per heavy atom. The van der Waals surface area contributed by atoms with Crippen LogP contribution >= 0.6 is 0 Å². The van der Waals surface area contributed by atoms with Crippen molar-refractivity contribution in [1.82, 2.24) is 9.88 Å². The van der Waals surface area contributed by atoms with Crippen LogP contribution in [0, 0.1) is 31.1 Å². The fourth-order valence-electron chi connectivity index (χ4n) is 3.58. The number of ether oxygens (including phenoxy) is 1. The van der Waals surface area contributed by atoms with Crippen molar-refractivity contribution in [3.05, 3.63) is 28.6 Å². The molecule has 1 amide bonds. The maximum absolute atomic E-state index is 12.4. The summed E-state index contributed by atoms with van der Waals surface area (Å²) >= 11 is 0. The van der Waals surface area contributed by atoms with E-state index in [2.05, 4.69) is 23.7 Å². The van der Waals surface area contributed by atoms with E-state index in [9.17, 15) is 14.9 Å². The third-order valence-corrected chi connectivity index (χ3v) is 5.16. The monoisotopic (exact) mass is 385 g/mol. The summed E-state index contributed by atoms with van der Waals surface area (Å²) < 4.78 is 7.42.